The van der Waals surface area contributed by atoms with Gasteiger partial charge in [0, 0.05) is 5.92 Å². The Hall–Kier alpha value is -1.47. The zero-order chi connectivity index (χ0) is 15.0. The average molecular weight is 302 g/mol. The molecule has 1 aliphatic rings. The number of halogens is 1. The van der Waals surface area contributed by atoms with E-state index in [0.29, 0.717) is 28.8 Å². The molecule has 0 radical (unpaired) electrons. The Bertz CT molecular complexity index is 701. The summed E-state index contributed by atoms with van der Waals surface area (Å²) in [4.78, 5) is 4.59. The predicted octanol–water partition coefficient (Wildman–Crippen LogP) is 5.24. The minimum atomic E-state index is -0.372. The van der Waals surface area contributed by atoms with Gasteiger partial charge in [0.05, 0.1) is 21.3 Å². The molecule has 1 heterocycles. The average Bonchev–Trinajstić information content (AvgIpc) is 2.90. The summed E-state index contributed by atoms with van der Waals surface area (Å²) in [6, 6.07) is 5.06. The highest BCUT2D eigenvalue weighted by Gasteiger charge is 2.33. The molecule has 0 bridgehead atoms. The van der Waals surface area contributed by atoms with Gasteiger partial charge in [0.15, 0.2) is 5.82 Å². The van der Waals surface area contributed by atoms with Gasteiger partial charge in [0.2, 0.25) is 0 Å². The van der Waals surface area contributed by atoms with Gasteiger partial charge >= 0.3 is 0 Å². The van der Waals surface area contributed by atoms with Crippen molar-refractivity contribution in [2.45, 2.75) is 45.4 Å². The third-order valence-electron chi connectivity index (χ3n) is 4.76. The lowest BCUT2D eigenvalue weighted by Gasteiger charge is -2.34. The zero-order valence-electron chi connectivity index (χ0n) is 12.4. The van der Waals surface area contributed by atoms with Gasteiger partial charge in [-0.1, -0.05) is 33.1 Å². The Morgan fingerprint density at radius 3 is 2.95 bits per heavy atom. The van der Waals surface area contributed by atoms with Gasteiger partial charge in [0.1, 0.15) is 5.52 Å². The van der Waals surface area contributed by atoms with Crippen LogP contribution in [0.5, 0.6) is 0 Å². The molecule has 0 amide bonds. The van der Waals surface area contributed by atoms with Crippen LogP contribution in [-0.4, -0.2) is 4.98 Å². The van der Waals surface area contributed by atoms with Crippen LogP contribution in [0, 0.1) is 29.0 Å². The van der Waals surface area contributed by atoms with Crippen LogP contribution in [0.25, 0.3) is 10.2 Å². The fourth-order valence-corrected chi connectivity index (χ4v) is 4.99. The summed E-state index contributed by atoms with van der Waals surface area (Å²) in [5.41, 5.74) is 0.806. The smallest absolute Gasteiger partial charge is 0.151 e. The van der Waals surface area contributed by atoms with E-state index >= 15 is 0 Å². The standard InChI is InChI=1S/C17H19FN2S/c1-3-12-6-4-5-10(2)15(12)17-20-16-13(18)7-11(9-19)8-14(16)21-17/h7-8,10,12,15H,3-6H2,1-2H3. The number of rotatable bonds is 2. The molecule has 2 nitrogen and oxygen atoms in total. The maximum Gasteiger partial charge on any atom is 0.151 e. The molecule has 3 atom stereocenters. The highest BCUT2D eigenvalue weighted by atomic mass is 32.1. The number of fused-ring (bicyclic) bond motifs is 1. The van der Waals surface area contributed by atoms with Crippen LogP contribution < -0.4 is 0 Å². The SMILES string of the molecule is CCC1CCCC(C)C1c1nc2c(F)cc(C#N)cc2s1. The molecule has 1 saturated carbocycles. The van der Waals surface area contributed by atoms with Gasteiger partial charge in [-0.3, -0.25) is 0 Å². The van der Waals surface area contributed by atoms with E-state index in [9.17, 15) is 4.39 Å². The number of hydrogen-bond acceptors (Lipinski definition) is 3. The largest absolute Gasteiger partial charge is 0.238 e. The molecule has 0 spiro atoms. The van der Waals surface area contributed by atoms with Gasteiger partial charge in [-0.05, 0) is 30.4 Å². The van der Waals surface area contributed by atoms with E-state index in [4.69, 9.17) is 5.26 Å². The number of aromatic nitrogens is 1. The van der Waals surface area contributed by atoms with Crippen LogP contribution in [0.2, 0.25) is 0 Å². The van der Waals surface area contributed by atoms with Gasteiger partial charge in [-0.25, -0.2) is 9.37 Å². The maximum atomic E-state index is 14.1. The van der Waals surface area contributed by atoms with Crippen molar-refractivity contribution in [3.05, 3.63) is 28.5 Å². The Balaban J connectivity index is 2.07. The number of thiazole rings is 1. The highest BCUT2D eigenvalue weighted by Crippen LogP contribution is 2.45. The summed E-state index contributed by atoms with van der Waals surface area (Å²) in [6.45, 7) is 4.52. The molecule has 1 aliphatic carbocycles. The minimum absolute atomic E-state index is 0.372. The predicted molar refractivity (Wildman–Crippen MR) is 83.8 cm³/mol. The highest BCUT2D eigenvalue weighted by molar-refractivity contribution is 7.18. The normalized spacial score (nSPS) is 25.9. The molecule has 1 aromatic heterocycles. The van der Waals surface area contributed by atoms with Crippen LogP contribution in [0.15, 0.2) is 12.1 Å². The Kier molecular flexibility index (Phi) is 3.95. The first-order chi connectivity index (χ1) is 10.1. The quantitative estimate of drug-likeness (QED) is 0.761. The lowest BCUT2D eigenvalue weighted by Crippen LogP contribution is -2.24. The molecule has 3 rings (SSSR count). The lowest BCUT2D eigenvalue weighted by atomic mass is 9.72. The monoisotopic (exact) mass is 302 g/mol. The van der Waals surface area contributed by atoms with Gasteiger partial charge in [-0.2, -0.15) is 5.26 Å². The van der Waals surface area contributed by atoms with Crippen molar-refractivity contribution >= 4 is 21.6 Å². The molecule has 21 heavy (non-hydrogen) atoms. The third-order valence-corrected chi connectivity index (χ3v) is 5.86. The van der Waals surface area contributed by atoms with Crippen LogP contribution in [0.4, 0.5) is 4.39 Å². The van der Waals surface area contributed by atoms with Gasteiger partial charge < -0.3 is 0 Å². The molecule has 0 saturated heterocycles. The van der Waals surface area contributed by atoms with Crippen molar-refractivity contribution in [2.75, 3.05) is 0 Å². The fraction of sp³-hybridized carbons (Fsp3) is 0.529. The molecule has 1 fully saturated rings. The number of nitriles is 1. The Labute approximate surface area is 128 Å². The molecular formula is C17H19FN2S. The van der Waals surface area contributed by atoms with E-state index in [0.717, 1.165) is 16.1 Å². The second-order valence-corrected chi connectivity index (χ2v) is 7.13. The van der Waals surface area contributed by atoms with E-state index < -0.39 is 0 Å². The van der Waals surface area contributed by atoms with Gasteiger partial charge in [-0.15, -0.1) is 11.3 Å². The van der Waals surface area contributed by atoms with Crippen molar-refractivity contribution in [1.82, 2.24) is 4.98 Å². The first-order valence-corrected chi connectivity index (χ1v) is 8.45. The maximum absolute atomic E-state index is 14.1. The van der Waals surface area contributed by atoms with Gasteiger partial charge in [0.25, 0.3) is 0 Å². The van der Waals surface area contributed by atoms with Crippen molar-refractivity contribution in [3.8, 4) is 6.07 Å². The third kappa shape index (κ3) is 2.55. The Morgan fingerprint density at radius 1 is 1.43 bits per heavy atom. The zero-order valence-corrected chi connectivity index (χ0v) is 13.2. The van der Waals surface area contributed by atoms with Crippen molar-refractivity contribution in [3.63, 3.8) is 0 Å². The van der Waals surface area contributed by atoms with Crippen molar-refractivity contribution < 1.29 is 4.39 Å². The molecule has 3 unspecified atom stereocenters. The fourth-order valence-electron chi connectivity index (χ4n) is 3.64. The first-order valence-electron chi connectivity index (χ1n) is 7.64. The van der Waals surface area contributed by atoms with E-state index in [2.05, 4.69) is 18.8 Å². The molecule has 110 valence electrons. The van der Waals surface area contributed by atoms with Crippen molar-refractivity contribution in [2.24, 2.45) is 11.8 Å². The summed E-state index contributed by atoms with van der Waals surface area (Å²) >= 11 is 1.57. The molecular weight excluding hydrogens is 283 g/mol. The summed E-state index contributed by atoms with van der Waals surface area (Å²) in [5, 5.41) is 10.0. The summed E-state index contributed by atoms with van der Waals surface area (Å²) < 4.78 is 14.9. The van der Waals surface area contributed by atoms with E-state index in [-0.39, 0.29) is 5.82 Å². The van der Waals surface area contributed by atoms with Crippen molar-refractivity contribution in [1.29, 1.82) is 5.26 Å². The van der Waals surface area contributed by atoms with E-state index in [1.807, 2.05) is 6.07 Å². The molecule has 1 aromatic carbocycles. The summed E-state index contributed by atoms with van der Waals surface area (Å²) in [5.74, 6) is 1.31. The molecule has 2 aromatic rings. The van der Waals surface area contributed by atoms with Crippen LogP contribution in [-0.2, 0) is 0 Å². The number of benzene rings is 1. The summed E-state index contributed by atoms with van der Waals surface area (Å²) in [6.07, 6.45) is 4.90. The van der Waals surface area contributed by atoms with Crippen LogP contribution in [0.1, 0.15) is 56.0 Å². The topological polar surface area (TPSA) is 36.7 Å². The van der Waals surface area contributed by atoms with Crippen LogP contribution in [0.3, 0.4) is 0 Å². The summed E-state index contributed by atoms with van der Waals surface area (Å²) in [7, 11) is 0. The van der Waals surface area contributed by atoms with Crippen LogP contribution >= 0.6 is 11.3 Å². The minimum Gasteiger partial charge on any atom is -0.238 e. The Morgan fingerprint density at radius 2 is 2.24 bits per heavy atom. The second kappa shape index (κ2) is 5.73. The molecule has 4 heteroatoms. The molecule has 0 N–H and O–H groups in total. The number of nitrogens with zero attached hydrogens (tertiary/aromatic N) is 2. The lowest BCUT2D eigenvalue weighted by molar-refractivity contribution is 0.227. The molecule has 0 aliphatic heterocycles. The second-order valence-electron chi connectivity index (χ2n) is 6.07. The number of hydrogen-bond donors (Lipinski definition) is 0. The first kappa shape index (κ1) is 14.5. The van der Waals surface area contributed by atoms with E-state index in [1.54, 1.807) is 17.4 Å². The van der Waals surface area contributed by atoms with E-state index in [1.165, 1.54) is 25.3 Å².